The van der Waals surface area contributed by atoms with Gasteiger partial charge < -0.3 is 4.90 Å². The third-order valence-electron chi connectivity index (χ3n) is 11.0. The van der Waals surface area contributed by atoms with Crippen molar-refractivity contribution in [3.8, 4) is 0 Å². The highest BCUT2D eigenvalue weighted by molar-refractivity contribution is 7.94. The van der Waals surface area contributed by atoms with Crippen molar-refractivity contribution in [2.24, 2.45) is 0 Å². The summed E-state index contributed by atoms with van der Waals surface area (Å²) < 4.78 is 70.9. The monoisotopic (exact) mass is 829 g/mol. The predicted octanol–water partition coefficient (Wildman–Crippen LogP) is 7.97. The van der Waals surface area contributed by atoms with Crippen LogP contribution in [0, 0.1) is 0 Å². The molecule has 0 saturated carbocycles. The maximum Gasteiger partial charge on any atom is 0.301 e. The van der Waals surface area contributed by atoms with Gasteiger partial charge in [0.2, 0.25) is 5.69 Å². The Labute approximate surface area is 337 Å². The van der Waals surface area contributed by atoms with Gasteiger partial charge >= 0.3 is 10.2 Å². The Balaban J connectivity index is 1.54. The molecule has 2 heterocycles. The largest absolute Gasteiger partial charge is 0.344 e. The number of nitrogens with one attached hydrogen (secondary N) is 1. The average molecular weight is 830 g/mol. The zero-order valence-electron chi connectivity index (χ0n) is 33.3. The topological polar surface area (TPSA) is 149 Å². The molecule has 5 rings (SSSR count). The fraction of sp³-hybridized carbons (Fsp3) is 0.488. The van der Waals surface area contributed by atoms with E-state index in [1.54, 1.807) is 0 Å². The van der Waals surface area contributed by atoms with E-state index < -0.39 is 20.3 Å². The number of anilines is 1. The number of allylic oxidation sites excluding steroid dienone is 7. The lowest BCUT2D eigenvalue weighted by Crippen LogP contribution is -2.40. The van der Waals surface area contributed by atoms with E-state index in [1.165, 1.54) is 9.87 Å². The zero-order valence-corrected chi connectivity index (χ0v) is 35.8. The van der Waals surface area contributed by atoms with Crippen molar-refractivity contribution in [3.63, 3.8) is 0 Å². The smallest absolute Gasteiger partial charge is 0.301 e. The van der Waals surface area contributed by atoms with Crippen LogP contribution in [0.1, 0.15) is 91.2 Å². The van der Waals surface area contributed by atoms with E-state index >= 15 is 0 Å². The van der Waals surface area contributed by atoms with E-state index in [0.717, 1.165) is 70.9 Å². The number of hydrogen-bond donors (Lipinski definition) is 3. The second kappa shape index (κ2) is 18.5. The Morgan fingerprint density at radius 2 is 1.59 bits per heavy atom. The third-order valence-corrected chi connectivity index (χ3v) is 14.1. The van der Waals surface area contributed by atoms with Gasteiger partial charge in [-0.25, -0.2) is 5.26 Å². The molecule has 0 atom stereocenters. The van der Waals surface area contributed by atoms with Crippen LogP contribution in [0.15, 0.2) is 95.4 Å². The van der Waals surface area contributed by atoms with Gasteiger partial charge in [-0.3, -0.25) is 9.27 Å². The molecule has 12 nitrogen and oxygen atoms in total. The molecule has 0 amide bonds. The molecular weight excluding hydrogens is 773 g/mol. The Bertz CT molecular complexity index is 2120. The molecule has 2 aromatic rings. The van der Waals surface area contributed by atoms with Gasteiger partial charge in [0.15, 0.2) is 5.71 Å². The van der Waals surface area contributed by atoms with Crippen LogP contribution in [0.25, 0.3) is 0 Å². The van der Waals surface area contributed by atoms with Crippen LogP contribution in [0.2, 0.25) is 0 Å². The highest BCUT2D eigenvalue weighted by atomic mass is 32.2. The molecule has 0 radical (unpaired) electrons. The van der Waals surface area contributed by atoms with E-state index in [4.69, 9.17) is 5.26 Å². The molecular formula is C41H57N4O8S3+. The average Bonchev–Trinajstić information content (AvgIpc) is 3.70. The first-order valence-corrected chi connectivity index (χ1v) is 23.3. The van der Waals surface area contributed by atoms with Gasteiger partial charge in [0.1, 0.15) is 6.54 Å². The molecule has 0 unspecified atom stereocenters. The number of hydrogen-bond acceptors (Lipinski definition) is 9. The van der Waals surface area contributed by atoms with Gasteiger partial charge in [-0.1, -0.05) is 81.3 Å². The second-order valence-electron chi connectivity index (χ2n) is 15.3. The quantitative estimate of drug-likeness (QED) is 0.0300. The SMILES string of the molecule is CCN(CC)S(=O)(=O)NC1=C(C=CC2=[N+](CCCCS(=O)(=O)O)c3ccccc3C2(C)C)CCC1=CC=C1N(CCCCSOOO)c2ccccc2C1(C)C. The molecule has 1 aliphatic carbocycles. The molecule has 0 fully saturated rings. The number of benzene rings is 2. The van der Waals surface area contributed by atoms with Crippen LogP contribution in [0.4, 0.5) is 11.4 Å². The molecule has 306 valence electrons. The van der Waals surface area contributed by atoms with Crippen molar-refractivity contribution in [3.05, 3.63) is 107 Å². The molecule has 2 aromatic carbocycles. The lowest BCUT2D eigenvalue weighted by Gasteiger charge is -2.27. The molecule has 56 heavy (non-hydrogen) atoms. The highest BCUT2D eigenvalue weighted by Gasteiger charge is 2.44. The van der Waals surface area contributed by atoms with Crippen molar-refractivity contribution >= 4 is 49.5 Å². The van der Waals surface area contributed by atoms with Crippen LogP contribution in [0.5, 0.6) is 0 Å². The number of fused-ring (bicyclic) bond motifs is 2. The molecule has 2 aliphatic heterocycles. The third kappa shape index (κ3) is 9.87. The number of para-hydroxylation sites is 2. The summed E-state index contributed by atoms with van der Waals surface area (Å²) in [6, 6.07) is 16.6. The van der Waals surface area contributed by atoms with Crippen LogP contribution in [0.3, 0.4) is 0 Å². The van der Waals surface area contributed by atoms with Crippen LogP contribution in [-0.2, 0) is 40.5 Å². The maximum absolute atomic E-state index is 13.8. The normalized spacial score (nSPS) is 19.3. The molecule has 3 aliphatic rings. The molecule has 0 spiro atoms. The standard InChI is InChI=1S/C41H56N4O8S3/c1-7-43(8-2)56(50,51)42-39-31(23-25-37-40(3,4)33-17-9-11-19-35(33)44(37)27-13-15-29-54-53-52-46)21-22-32(39)24-26-38-41(5,6)34-18-10-12-20-36(34)45(38)28-14-16-30-55(47,48)49/h9-12,17-20,23-26H,7-8,13-16,21-22,27-30H2,1-6H3,(H2,46,47,48,49)/p+1. The van der Waals surface area contributed by atoms with E-state index in [-0.39, 0.29) is 16.6 Å². The van der Waals surface area contributed by atoms with Crippen molar-refractivity contribution in [1.29, 1.82) is 0 Å². The summed E-state index contributed by atoms with van der Waals surface area (Å²) in [5.74, 6) is 0.371. The second-order valence-corrected chi connectivity index (χ2v) is 19.3. The Morgan fingerprint density at radius 3 is 2.29 bits per heavy atom. The summed E-state index contributed by atoms with van der Waals surface area (Å²) in [6.07, 6.45) is 12.2. The Kier molecular flexibility index (Phi) is 14.5. The Hall–Kier alpha value is -3.28. The first kappa shape index (κ1) is 43.8. The summed E-state index contributed by atoms with van der Waals surface area (Å²) in [5.41, 5.74) is 8.43. The summed E-state index contributed by atoms with van der Waals surface area (Å²) >= 11 is 1.06. The van der Waals surface area contributed by atoms with Gasteiger partial charge in [-0.15, -0.1) is 4.33 Å². The van der Waals surface area contributed by atoms with Crippen molar-refractivity contribution < 1.29 is 40.6 Å². The van der Waals surface area contributed by atoms with Gasteiger partial charge in [0.05, 0.1) is 16.9 Å². The van der Waals surface area contributed by atoms with Crippen molar-refractivity contribution in [2.75, 3.05) is 42.6 Å². The molecule has 0 bridgehead atoms. The van der Waals surface area contributed by atoms with Crippen molar-refractivity contribution in [1.82, 2.24) is 9.03 Å². The Morgan fingerprint density at radius 1 is 0.893 bits per heavy atom. The maximum atomic E-state index is 13.8. The van der Waals surface area contributed by atoms with Gasteiger partial charge in [-0.2, -0.15) is 25.7 Å². The van der Waals surface area contributed by atoms with E-state index in [0.29, 0.717) is 56.8 Å². The number of nitrogens with zero attached hydrogens (tertiary/aromatic N) is 3. The minimum absolute atomic E-state index is 0.290. The van der Waals surface area contributed by atoms with Crippen LogP contribution >= 0.6 is 12.0 Å². The number of unbranched alkanes of at least 4 members (excludes halogenated alkanes) is 2. The molecule has 3 N–H and O–H groups in total. The van der Waals surface area contributed by atoms with Crippen molar-refractivity contribution in [2.45, 2.75) is 90.9 Å². The minimum Gasteiger partial charge on any atom is -0.344 e. The van der Waals surface area contributed by atoms with Gasteiger partial charge in [-0.05, 0) is 74.8 Å². The lowest BCUT2D eigenvalue weighted by atomic mass is 9.81. The summed E-state index contributed by atoms with van der Waals surface area (Å²) in [4.78, 5) is 2.35. The van der Waals surface area contributed by atoms with Gasteiger partial charge in [0.25, 0.3) is 10.1 Å². The van der Waals surface area contributed by atoms with E-state index in [9.17, 15) is 21.4 Å². The van der Waals surface area contributed by atoms with Crippen LogP contribution < -0.4 is 9.62 Å². The van der Waals surface area contributed by atoms with E-state index in [1.807, 2.05) is 38.1 Å². The fourth-order valence-electron chi connectivity index (χ4n) is 8.11. The van der Waals surface area contributed by atoms with Crippen LogP contribution in [-0.4, -0.2) is 78.9 Å². The first-order valence-electron chi connectivity index (χ1n) is 19.3. The summed E-state index contributed by atoms with van der Waals surface area (Å²) in [5, 5.41) is 12.2. The zero-order chi connectivity index (χ0) is 40.7. The molecule has 0 aromatic heterocycles. The lowest BCUT2D eigenvalue weighted by molar-refractivity contribution is -0.438. The number of rotatable bonds is 20. The predicted molar refractivity (Wildman–Crippen MR) is 225 cm³/mol. The highest BCUT2D eigenvalue weighted by Crippen LogP contribution is 2.48. The summed E-state index contributed by atoms with van der Waals surface area (Å²) in [6.45, 7) is 14.4. The molecule has 0 saturated heterocycles. The summed E-state index contributed by atoms with van der Waals surface area (Å²) in [7, 11) is -7.90. The molecule has 15 heteroatoms. The first-order chi connectivity index (χ1) is 26.6. The minimum atomic E-state index is -4.05. The van der Waals surface area contributed by atoms with Gasteiger partial charge in [0, 0.05) is 78.4 Å². The fourth-order valence-corrected chi connectivity index (χ4v) is 10.4. The van der Waals surface area contributed by atoms with E-state index in [2.05, 4.69) is 99.8 Å².